The standard InChI is InChI=1S/C2N2.Fe.H3N.H2S/c3-1-2-4;;;/h;;1H3;1H2. The van der Waals surface area contributed by atoms with Crippen molar-refractivity contribution >= 4 is 13.5 Å². The molecule has 0 saturated heterocycles. The Hall–Kier alpha value is -0.191. The normalized spacial score (nSPS) is 1.43. The molecule has 3 N–H and O–H groups in total. The molecular weight excluding hydrogens is 154 g/mol. The predicted octanol–water partition coefficient (Wildman–Crippen LogP) is 0.306. The number of rotatable bonds is 0. The Labute approximate surface area is 59.8 Å². The van der Waals surface area contributed by atoms with Crippen LogP contribution in [-0.2, 0) is 17.1 Å². The molecule has 0 radical (unpaired) electrons. The summed E-state index contributed by atoms with van der Waals surface area (Å²) < 4.78 is 0. The molecule has 0 saturated carbocycles. The maximum atomic E-state index is 7.26. The fourth-order valence-electron chi connectivity index (χ4n) is 0. The molecule has 0 unspecified atom stereocenters. The largest absolute Gasteiger partial charge is 0.344 e. The minimum Gasteiger partial charge on any atom is -0.344 e. The molecule has 0 spiro atoms. The zero-order valence-corrected chi connectivity index (χ0v) is 5.56. The summed E-state index contributed by atoms with van der Waals surface area (Å²) in [6.45, 7) is 0. The van der Waals surface area contributed by atoms with E-state index in [9.17, 15) is 0 Å². The van der Waals surface area contributed by atoms with E-state index >= 15 is 0 Å². The molecule has 0 amide bonds. The van der Waals surface area contributed by atoms with Gasteiger partial charge in [-0.25, -0.2) is 0 Å². The zero-order valence-electron chi connectivity index (χ0n) is 3.46. The van der Waals surface area contributed by atoms with E-state index in [0.717, 1.165) is 0 Å². The summed E-state index contributed by atoms with van der Waals surface area (Å²) in [6, 6.07) is 2.47. The number of hydrogen-bond acceptors (Lipinski definition) is 3. The second kappa shape index (κ2) is 41.0. The van der Waals surface area contributed by atoms with Crippen molar-refractivity contribution in [1.29, 1.82) is 10.5 Å². The minimum atomic E-state index is 0. The molecule has 0 aliphatic carbocycles. The topological polar surface area (TPSA) is 82.6 Å². The van der Waals surface area contributed by atoms with Crippen molar-refractivity contribution in [3.05, 3.63) is 0 Å². The number of nitriles is 2. The molecule has 0 aliphatic rings. The van der Waals surface area contributed by atoms with E-state index in [1.807, 2.05) is 0 Å². The first-order valence-corrected chi connectivity index (χ1v) is 0.697. The van der Waals surface area contributed by atoms with Gasteiger partial charge in [0.2, 0.25) is 0 Å². The molecule has 0 aliphatic heterocycles. The van der Waals surface area contributed by atoms with Gasteiger partial charge >= 0.3 is 0 Å². The van der Waals surface area contributed by atoms with Gasteiger partial charge in [0.25, 0.3) is 0 Å². The maximum Gasteiger partial charge on any atom is 0.181 e. The van der Waals surface area contributed by atoms with Crippen LogP contribution in [0, 0.1) is 22.7 Å². The van der Waals surface area contributed by atoms with Gasteiger partial charge in [-0.15, -0.1) is 0 Å². The third-order valence-corrected chi connectivity index (χ3v) is 0.0500. The molecule has 0 fully saturated rings. The monoisotopic (exact) mass is 159 g/mol. The molecule has 0 bridgehead atoms. The van der Waals surface area contributed by atoms with Gasteiger partial charge in [0.15, 0.2) is 12.1 Å². The summed E-state index contributed by atoms with van der Waals surface area (Å²) in [5.41, 5.74) is 0. The molecule has 0 aromatic carbocycles. The van der Waals surface area contributed by atoms with Crippen LogP contribution in [0.25, 0.3) is 0 Å². The number of hydrogen-bond donors (Lipinski definition) is 1. The van der Waals surface area contributed by atoms with Gasteiger partial charge < -0.3 is 6.15 Å². The first kappa shape index (κ1) is 29.1. The van der Waals surface area contributed by atoms with E-state index in [4.69, 9.17) is 10.5 Å². The smallest absolute Gasteiger partial charge is 0.181 e. The third-order valence-electron chi connectivity index (χ3n) is 0.0500. The van der Waals surface area contributed by atoms with E-state index in [-0.39, 0.29) is 36.7 Å². The molecule has 0 heterocycles. The van der Waals surface area contributed by atoms with E-state index in [0.29, 0.717) is 0 Å². The van der Waals surface area contributed by atoms with Gasteiger partial charge in [-0.3, -0.25) is 0 Å². The summed E-state index contributed by atoms with van der Waals surface area (Å²) in [7, 11) is 0. The quantitative estimate of drug-likeness (QED) is 0.516. The maximum absolute atomic E-state index is 7.26. The van der Waals surface area contributed by atoms with Gasteiger partial charge in [0.05, 0.1) is 0 Å². The van der Waals surface area contributed by atoms with E-state index in [1.165, 1.54) is 12.1 Å². The molecule has 42 valence electrons. The van der Waals surface area contributed by atoms with Gasteiger partial charge in [0.1, 0.15) is 0 Å². The van der Waals surface area contributed by atoms with E-state index < -0.39 is 0 Å². The van der Waals surface area contributed by atoms with Crippen molar-refractivity contribution in [2.75, 3.05) is 0 Å². The Morgan fingerprint density at radius 2 is 1.14 bits per heavy atom. The fourth-order valence-corrected chi connectivity index (χ4v) is 0. The summed E-state index contributed by atoms with van der Waals surface area (Å²) in [4.78, 5) is 0. The van der Waals surface area contributed by atoms with Crippen LogP contribution in [0.5, 0.6) is 0 Å². The van der Waals surface area contributed by atoms with Crippen molar-refractivity contribution in [2.24, 2.45) is 0 Å². The van der Waals surface area contributed by atoms with Crippen LogP contribution in [0.15, 0.2) is 0 Å². The van der Waals surface area contributed by atoms with Gasteiger partial charge in [-0.2, -0.15) is 24.0 Å². The summed E-state index contributed by atoms with van der Waals surface area (Å²) in [5.74, 6) is 0. The van der Waals surface area contributed by atoms with Crippen LogP contribution in [-0.4, -0.2) is 0 Å². The van der Waals surface area contributed by atoms with Crippen LogP contribution < -0.4 is 6.15 Å². The van der Waals surface area contributed by atoms with Gasteiger partial charge in [-0.1, -0.05) is 0 Å². The van der Waals surface area contributed by atoms with Crippen LogP contribution in [0.3, 0.4) is 0 Å². The van der Waals surface area contributed by atoms with Crippen LogP contribution >= 0.6 is 13.5 Å². The summed E-state index contributed by atoms with van der Waals surface area (Å²) in [6.07, 6.45) is 0. The molecule has 3 nitrogen and oxygen atoms in total. The summed E-state index contributed by atoms with van der Waals surface area (Å²) in [5, 5.41) is 14.5. The molecule has 7 heavy (non-hydrogen) atoms. The first-order chi connectivity index (χ1) is 1.91. The van der Waals surface area contributed by atoms with Crippen LogP contribution in [0.4, 0.5) is 0 Å². The average Bonchev–Trinajstić information content (AvgIpc) is 1.37. The molecule has 0 atom stereocenters. The molecule has 5 heteroatoms. The molecule has 0 aromatic heterocycles. The van der Waals surface area contributed by atoms with Gasteiger partial charge in [-0.05, 0) is 0 Å². The first-order valence-electron chi connectivity index (χ1n) is 0.697. The van der Waals surface area contributed by atoms with Crippen LogP contribution in [0.2, 0.25) is 0 Å². The Kier molecular flexibility index (Phi) is 171. The Morgan fingerprint density at radius 1 is 1.00 bits per heavy atom. The van der Waals surface area contributed by atoms with Crippen molar-refractivity contribution < 1.29 is 17.1 Å². The predicted molar refractivity (Wildman–Crippen MR) is 26.6 cm³/mol. The Balaban J connectivity index is -0.0000000150. The second-order valence-electron chi connectivity index (χ2n) is 0.224. The molecular formula is C2H5FeN3S. The minimum absolute atomic E-state index is 0. The fraction of sp³-hybridized carbons (Fsp3) is 0. The molecule has 0 aromatic rings. The second-order valence-corrected chi connectivity index (χ2v) is 0.224. The van der Waals surface area contributed by atoms with Crippen molar-refractivity contribution in [3.8, 4) is 12.1 Å². The Morgan fingerprint density at radius 3 is 1.14 bits per heavy atom. The van der Waals surface area contributed by atoms with E-state index in [1.54, 1.807) is 0 Å². The van der Waals surface area contributed by atoms with E-state index in [2.05, 4.69) is 0 Å². The summed E-state index contributed by atoms with van der Waals surface area (Å²) >= 11 is 0. The SMILES string of the molecule is N.N#CC#N.S.[Fe]. The van der Waals surface area contributed by atoms with Crippen molar-refractivity contribution in [2.45, 2.75) is 0 Å². The number of nitrogens with zero attached hydrogens (tertiary/aromatic N) is 2. The van der Waals surface area contributed by atoms with Crippen molar-refractivity contribution in [1.82, 2.24) is 6.15 Å². The third kappa shape index (κ3) is 129. The Bertz CT molecular complexity index is 67.9. The van der Waals surface area contributed by atoms with Crippen LogP contribution in [0.1, 0.15) is 0 Å². The zero-order chi connectivity index (χ0) is 3.41. The van der Waals surface area contributed by atoms with Crippen molar-refractivity contribution in [3.63, 3.8) is 0 Å². The average molecular weight is 159 g/mol. The van der Waals surface area contributed by atoms with Gasteiger partial charge in [0, 0.05) is 17.1 Å². The molecule has 0 rings (SSSR count).